The number of likely N-dealkylation sites (N-methyl/N-ethyl adjacent to an activating group) is 1. The molecule has 33 heteroatoms. The van der Waals surface area contributed by atoms with E-state index in [1.807, 2.05) is 27.7 Å². The van der Waals surface area contributed by atoms with E-state index in [1.165, 1.54) is 35.6 Å². The fraction of sp³-hybridized carbons (Fsp3) is 0.774. The topological polar surface area (TPSA) is 454 Å². The Balaban J connectivity index is 1.98. The Labute approximate surface area is 565 Å². The lowest BCUT2D eigenvalue weighted by molar-refractivity contribution is -0.148. The molecule has 31 nitrogen and oxygen atoms in total. The van der Waals surface area contributed by atoms with Crippen LogP contribution in [0.15, 0.2) is 0 Å². The van der Waals surface area contributed by atoms with Crippen LogP contribution in [0.3, 0.4) is 0 Å². The average molecular weight is 1380 g/mol. The molecular formula is C62H106N16O15S2. The molecule has 4 heterocycles. The van der Waals surface area contributed by atoms with Gasteiger partial charge in [0.25, 0.3) is 5.91 Å². The van der Waals surface area contributed by atoms with Crippen LogP contribution in [0.4, 0.5) is 0 Å². The highest BCUT2D eigenvalue weighted by Crippen LogP contribution is 2.41. The van der Waals surface area contributed by atoms with Crippen molar-refractivity contribution in [3.63, 3.8) is 0 Å². The first-order valence-electron chi connectivity index (χ1n) is 33.1. The van der Waals surface area contributed by atoms with Gasteiger partial charge in [-0.05, 0) is 94.8 Å². The first-order chi connectivity index (χ1) is 44.6. The quantitative estimate of drug-likeness (QED) is 0.0412. The third-order valence-electron chi connectivity index (χ3n) is 17.8. The molecule has 14 atom stereocenters. The molecule has 0 spiro atoms. The number of hydrogen-bond donors (Lipinski definition) is 15. The Morgan fingerprint density at radius 1 is 0.611 bits per heavy atom. The van der Waals surface area contributed by atoms with Gasteiger partial charge in [0.15, 0.2) is 11.3 Å². The molecule has 16 N–H and O–H groups in total. The molecule has 13 amide bonds. The average Bonchev–Trinajstić information content (AvgIpc) is 1.70. The number of hydrogen-bond acceptors (Lipinski definition) is 18. The van der Waals surface area contributed by atoms with Crippen molar-refractivity contribution in [2.24, 2.45) is 28.9 Å². The molecule has 0 aromatic rings. The summed E-state index contributed by atoms with van der Waals surface area (Å²) in [6.45, 7) is 16.7. The molecule has 536 valence electrons. The van der Waals surface area contributed by atoms with E-state index in [0.717, 1.165) is 10.8 Å². The van der Waals surface area contributed by atoms with Crippen LogP contribution in [0.25, 0.3) is 0 Å². The predicted molar refractivity (Wildman–Crippen MR) is 356 cm³/mol. The zero-order chi connectivity index (χ0) is 71.2. The van der Waals surface area contributed by atoms with Crippen molar-refractivity contribution in [3.05, 3.63) is 0 Å². The fourth-order valence-corrected chi connectivity index (χ4v) is 14.1. The van der Waals surface area contributed by atoms with Crippen molar-refractivity contribution in [1.82, 2.24) is 73.2 Å². The molecule has 4 aliphatic heterocycles. The number of nitrogens with zero attached hydrogens (tertiary/aromatic N) is 3. The Bertz CT molecular complexity index is 2760. The van der Waals surface area contributed by atoms with Gasteiger partial charge in [-0.15, -0.1) is 0 Å². The molecule has 95 heavy (non-hydrogen) atoms. The van der Waals surface area contributed by atoms with E-state index < -0.39 is 196 Å². The van der Waals surface area contributed by atoms with Gasteiger partial charge < -0.3 is 89.1 Å². The minimum atomic E-state index is -1.91. The van der Waals surface area contributed by atoms with E-state index in [9.17, 15) is 63.0 Å². The van der Waals surface area contributed by atoms with Gasteiger partial charge in [-0.2, -0.15) is 0 Å². The van der Waals surface area contributed by atoms with Gasteiger partial charge in [-0.1, -0.05) is 103 Å². The van der Waals surface area contributed by atoms with E-state index in [4.69, 9.17) is 11.1 Å². The SMILES string of the molecule is CC[C@H](C)[C@@H]1NC(=O)CN(C)C(=O)CCCCNC(=O)[C@H]([C@@H](C)CC)NC(=O)[C@H]2NC(=O)[C@H]([C@@H](C)CC)NC(=O)[C@@H]3CCCN3C(=O)[C@@H]3CCCN3C(=O)[C@H](CC(C)(C)C)NC(=O)[C@H](CO)NC(=O)[C@H](CCCNC(=N)N)NC(=O)[C@H](CO)NC(=O)[C@@H](NC1=O)SSC2(C)C. The minimum Gasteiger partial charge on any atom is -0.394 e. The van der Waals surface area contributed by atoms with Crippen molar-refractivity contribution in [3.8, 4) is 0 Å². The summed E-state index contributed by atoms with van der Waals surface area (Å²) in [5.41, 5.74) is 4.86. The highest BCUT2D eigenvalue weighted by Gasteiger charge is 2.48. The standard InChI is InChI=1S/C62H106N16O15S2/c1-13-33(4)44-52(87)65-25-17-16-24-43(82)76(12)30-42(81)71-45(34(5)14-2)54(89)75-57-56(91)70-39(32-80)49(84)67-36(21-18-26-66-60(63)64)48(83)69-38(31-79)50(85)68-37(29-61(7,8)9)58(92)78-28-20-23-41(78)59(93)77-27-19-22-40(77)51(86)72-46(35(6)15-3)53(88)74-47(55(90)73-44)62(10,11)95-94-57/h33-41,44-47,57,79-80H,13-32H2,1-12H3,(H,65,87)(H,67,84)(H,68,85)(H,69,83)(H,70,91)(H,71,81)(H,72,86)(H,73,90)(H,74,88)(H,75,89)(H4,63,64,66)/t33-,34-,35-,36-,37-,38-,39-,40-,41-,44-,45-,46-,47+,57-/m0/s1. The smallest absolute Gasteiger partial charge is 0.254 e. The van der Waals surface area contributed by atoms with E-state index in [0.29, 0.717) is 55.7 Å². The number of fused-ring (bicyclic) bond motifs is 6. The molecule has 2 bridgehead atoms. The molecule has 4 fully saturated rings. The molecule has 0 aromatic heterocycles. The second-order valence-corrected chi connectivity index (χ2v) is 30.0. The Kier molecular flexibility index (Phi) is 31.7. The Morgan fingerprint density at radius 2 is 1.11 bits per heavy atom. The first-order valence-corrected chi connectivity index (χ1v) is 35.3. The van der Waals surface area contributed by atoms with Crippen LogP contribution in [0, 0.1) is 28.6 Å². The van der Waals surface area contributed by atoms with Crippen LogP contribution in [0.2, 0.25) is 0 Å². The number of aliphatic hydroxyl groups excluding tert-OH is 2. The monoisotopic (exact) mass is 1380 g/mol. The van der Waals surface area contributed by atoms with E-state index >= 15 is 9.59 Å². The molecule has 0 unspecified atom stereocenters. The number of rotatable bonds is 13. The number of nitrogens with one attached hydrogen (secondary N) is 12. The van der Waals surface area contributed by atoms with Crippen LogP contribution >= 0.6 is 21.6 Å². The normalized spacial score (nSPS) is 28.9. The van der Waals surface area contributed by atoms with Crippen molar-refractivity contribution in [2.75, 3.05) is 53.0 Å². The van der Waals surface area contributed by atoms with Gasteiger partial charge in [-0.25, -0.2) is 0 Å². The van der Waals surface area contributed by atoms with Gasteiger partial charge in [0, 0.05) is 39.6 Å². The maximum absolute atomic E-state index is 15.3. The second kappa shape index (κ2) is 37.5. The second-order valence-electron chi connectivity index (χ2n) is 27.0. The predicted octanol–water partition coefficient (Wildman–Crippen LogP) is -1.96. The highest BCUT2D eigenvalue weighted by molar-refractivity contribution is 8.77. The lowest BCUT2D eigenvalue weighted by Crippen LogP contribution is -2.64. The number of guanidine groups is 1. The third-order valence-corrected chi connectivity index (χ3v) is 21.2. The van der Waals surface area contributed by atoms with Crippen LogP contribution in [-0.2, 0) is 62.3 Å². The molecule has 0 saturated carbocycles. The van der Waals surface area contributed by atoms with Gasteiger partial charge >= 0.3 is 0 Å². The molecule has 0 aromatic carbocycles. The Morgan fingerprint density at radius 3 is 1.66 bits per heavy atom. The maximum atomic E-state index is 15.3. The summed E-state index contributed by atoms with van der Waals surface area (Å²) in [7, 11) is 2.85. The summed E-state index contributed by atoms with van der Waals surface area (Å²) in [6, 6.07) is -14.4. The molecule has 0 radical (unpaired) electrons. The van der Waals surface area contributed by atoms with Crippen molar-refractivity contribution in [2.45, 2.75) is 230 Å². The first kappa shape index (κ1) is 80.4. The molecule has 4 rings (SSSR count). The van der Waals surface area contributed by atoms with Crippen molar-refractivity contribution < 1.29 is 72.5 Å². The van der Waals surface area contributed by atoms with Crippen LogP contribution in [0.5, 0.6) is 0 Å². The summed E-state index contributed by atoms with van der Waals surface area (Å²) < 4.78 is -1.59. The summed E-state index contributed by atoms with van der Waals surface area (Å²) >= 11 is 0. The van der Waals surface area contributed by atoms with Gasteiger partial charge in [-0.3, -0.25) is 67.7 Å². The van der Waals surface area contributed by atoms with Gasteiger partial charge in [0.2, 0.25) is 70.9 Å². The summed E-state index contributed by atoms with van der Waals surface area (Å²) in [4.78, 5) is 193. The zero-order valence-corrected chi connectivity index (χ0v) is 58.8. The zero-order valence-electron chi connectivity index (χ0n) is 57.2. The summed E-state index contributed by atoms with van der Waals surface area (Å²) in [6.07, 6.45) is 2.58. The maximum Gasteiger partial charge on any atom is 0.254 e. The van der Waals surface area contributed by atoms with Gasteiger partial charge in [0.05, 0.1) is 24.5 Å². The largest absolute Gasteiger partial charge is 0.394 e. The summed E-state index contributed by atoms with van der Waals surface area (Å²) in [5, 5.41) is 56.7. The highest BCUT2D eigenvalue weighted by atomic mass is 33.1. The van der Waals surface area contributed by atoms with E-state index in [-0.39, 0.29) is 64.7 Å². The lowest BCUT2D eigenvalue weighted by atomic mass is 9.87. The number of carbonyl (C=O) groups is 13. The molecule has 4 aliphatic rings. The van der Waals surface area contributed by atoms with Gasteiger partial charge in [0.1, 0.15) is 60.4 Å². The third kappa shape index (κ3) is 23.7. The van der Waals surface area contributed by atoms with E-state index in [2.05, 4.69) is 58.5 Å². The van der Waals surface area contributed by atoms with Crippen LogP contribution < -0.4 is 64.2 Å². The number of aliphatic hydroxyl groups is 2. The van der Waals surface area contributed by atoms with E-state index in [1.54, 1.807) is 34.6 Å². The number of amides is 13. The number of carbonyl (C=O) groups excluding carboxylic acids is 13. The van der Waals surface area contributed by atoms with Crippen LogP contribution in [-0.4, -0.2) is 231 Å². The van der Waals surface area contributed by atoms with Crippen LogP contribution in [0.1, 0.15) is 160 Å². The summed E-state index contributed by atoms with van der Waals surface area (Å²) in [5.74, 6) is -12.8. The minimum absolute atomic E-state index is 0.000773. The lowest BCUT2D eigenvalue weighted by Gasteiger charge is -2.37. The molecule has 4 saturated heterocycles. The van der Waals surface area contributed by atoms with Crippen molar-refractivity contribution in [1.29, 1.82) is 5.41 Å². The number of nitrogens with two attached hydrogens (primary N) is 1. The fourth-order valence-electron chi connectivity index (χ4n) is 11.4. The molecule has 0 aliphatic carbocycles. The Hall–Kier alpha value is -7.00. The molecular weight excluding hydrogens is 1270 g/mol. The van der Waals surface area contributed by atoms with Crippen molar-refractivity contribution >= 4 is 104 Å².